The van der Waals surface area contributed by atoms with Gasteiger partial charge in [0.05, 0.1) is 6.10 Å². The fourth-order valence-electron chi connectivity index (χ4n) is 1.95. The predicted octanol–water partition coefficient (Wildman–Crippen LogP) is 2.37. The largest absolute Gasteiger partial charge is 0.466 e. The van der Waals surface area contributed by atoms with E-state index in [-0.39, 0.29) is 12.5 Å². The van der Waals surface area contributed by atoms with E-state index in [1.165, 1.54) is 0 Å². The van der Waals surface area contributed by atoms with E-state index in [4.69, 9.17) is 4.42 Å². The zero-order valence-electron chi connectivity index (χ0n) is 11.5. The number of carbonyl (C=O) groups excluding carboxylic acids is 1. The molecule has 0 aliphatic heterocycles. The van der Waals surface area contributed by atoms with Crippen molar-refractivity contribution in [3.63, 3.8) is 0 Å². The van der Waals surface area contributed by atoms with Gasteiger partial charge in [0, 0.05) is 19.4 Å². The minimum absolute atomic E-state index is 0.0889. The van der Waals surface area contributed by atoms with Gasteiger partial charge in [0.2, 0.25) is 5.91 Å². The fourth-order valence-corrected chi connectivity index (χ4v) is 1.95. The van der Waals surface area contributed by atoms with Crippen molar-refractivity contribution in [2.45, 2.75) is 25.9 Å². The number of hydrogen-bond acceptors (Lipinski definition) is 3. The molecule has 2 aromatic rings. The number of hydrogen-bond donors (Lipinski definition) is 2. The Labute approximate surface area is 118 Å². The molecule has 0 fully saturated rings. The van der Waals surface area contributed by atoms with Crippen LogP contribution in [0.4, 0.5) is 0 Å². The second-order valence-corrected chi connectivity index (χ2v) is 4.74. The average molecular weight is 273 g/mol. The minimum Gasteiger partial charge on any atom is -0.466 e. The second kappa shape index (κ2) is 6.91. The third-order valence-corrected chi connectivity index (χ3v) is 3.07. The Kier molecular flexibility index (Phi) is 4.96. The Morgan fingerprint density at radius 3 is 2.65 bits per heavy atom. The van der Waals surface area contributed by atoms with Crippen molar-refractivity contribution in [3.8, 4) is 0 Å². The van der Waals surface area contributed by atoms with Crippen molar-refractivity contribution in [3.05, 3.63) is 59.5 Å². The smallest absolute Gasteiger partial charge is 0.220 e. The summed E-state index contributed by atoms with van der Waals surface area (Å²) in [7, 11) is 0. The first-order valence-corrected chi connectivity index (χ1v) is 6.70. The van der Waals surface area contributed by atoms with Crippen LogP contribution in [0, 0.1) is 6.92 Å². The standard InChI is InChI=1S/C16H19NO3/c1-12-7-8-14(20-12)9-10-16(19)17-11-15(18)13-5-3-2-4-6-13/h2-8,15,18H,9-11H2,1H3,(H,17,19)/t15-/m0/s1. The lowest BCUT2D eigenvalue weighted by atomic mass is 10.1. The van der Waals surface area contributed by atoms with Gasteiger partial charge in [0.1, 0.15) is 11.5 Å². The van der Waals surface area contributed by atoms with Crippen LogP contribution in [0.3, 0.4) is 0 Å². The Morgan fingerprint density at radius 2 is 2.00 bits per heavy atom. The van der Waals surface area contributed by atoms with Gasteiger partial charge in [-0.1, -0.05) is 30.3 Å². The van der Waals surface area contributed by atoms with E-state index in [1.54, 1.807) is 0 Å². The molecule has 0 spiro atoms. The lowest BCUT2D eigenvalue weighted by Gasteiger charge is -2.11. The molecule has 0 bridgehead atoms. The molecule has 0 aliphatic carbocycles. The Hall–Kier alpha value is -2.07. The van der Waals surface area contributed by atoms with E-state index in [2.05, 4.69) is 5.32 Å². The van der Waals surface area contributed by atoms with Gasteiger partial charge >= 0.3 is 0 Å². The number of aliphatic hydroxyl groups excluding tert-OH is 1. The highest BCUT2D eigenvalue weighted by atomic mass is 16.3. The highest BCUT2D eigenvalue weighted by molar-refractivity contribution is 5.76. The summed E-state index contributed by atoms with van der Waals surface area (Å²) in [6, 6.07) is 13.0. The van der Waals surface area contributed by atoms with E-state index < -0.39 is 6.10 Å². The number of benzene rings is 1. The van der Waals surface area contributed by atoms with E-state index in [0.717, 1.165) is 17.1 Å². The number of nitrogens with one attached hydrogen (secondary N) is 1. The first-order chi connectivity index (χ1) is 9.65. The summed E-state index contributed by atoms with van der Waals surface area (Å²) in [5, 5.41) is 12.7. The third kappa shape index (κ3) is 4.24. The molecule has 106 valence electrons. The molecule has 0 unspecified atom stereocenters. The molecular weight excluding hydrogens is 254 g/mol. The van der Waals surface area contributed by atoms with Crippen LogP contribution in [0.1, 0.15) is 29.6 Å². The van der Waals surface area contributed by atoms with Gasteiger partial charge < -0.3 is 14.8 Å². The van der Waals surface area contributed by atoms with Crippen LogP contribution in [-0.4, -0.2) is 17.6 Å². The molecule has 1 amide bonds. The van der Waals surface area contributed by atoms with Crippen LogP contribution in [0.5, 0.6) is 0 Å². The number of furan rings is 1. The number of carbonyl (C=O) groups is 1. The molecule has 2 N–H and O–H groups in total. The second-order valence-electron chi connectivity index (χ2n) is 4.74. The van der Waals surface area contributed by atoms with Crippen molar-refractivity contribution < 1.29 is 14.3 Å². The predicted molar refractivity (Wildman–Crippen MR) is 76.2 cm³/mol. The van der Waals surface area contributed by atoms with Crippen LogP contribution in [-0.2, 0) is 11.2 Å². The molecule has 2 rings (SSSR count). The molecule has 1 aromatic heterocycles. The van der Waals surface area contributed by atoms with Gasteiger partial charge in [0.15, 0.2) is 0 Å². The van der Waals surface area contributed by atoms with E-state index in [0.29, 0.717) is 12.8 Å². The van der Waals surface area contributed by atoms with Gasteiger partial charge in [-0.3, -0.25) is 4.79 Å². The summed E-state index contributed by atoms with van der Waals surface area (Å²) in [5.41, 5.74) is 0.800. The van der Waals surface area contributed by atoms with E-state index in [1.807, 2.05) is 49.4 Å². The molecule has 0 saturated carbocycles. The Balaban J connectivity index is 1.72. The SMILES string of the molecule is Cc1ccc(CCC(=O)NC[C@H](O)c2ccccc2)o1. The zero-order chi connectivity index (χ0) is 14.4. The number of amides is 1. The Morgan fingerprint density at radius 1 is 1.25 bits per heavy atom. The van der Waals surface area contributed by atoms with Crippen molar-refractivity contribution in [1.29, 1.82) is 0 Å². The van der Waals surface area contributed by atoms with Gasteiger partial charge in [0.25, 0.3) is 0 Å². The maximum atomic E-state index is 11.7. The highest BCUT2D eigenvalue weighted by Crippen LogP contribution is 2.11. The normalized spacial score (nSPS) is 12.1. The molecule has 20 heavy (non-hydrogen) atoms. The topological polar surface area (TPSA) is 62.5 Å². The minimum atomic E-state index is -0.675. The maximum absolute atomic E-state index is 11.7. The van der Waals surface area contributed by atoms with Gasteiger partial charge in [-0.05, 0) is 24.6 Å². The third-order valence-electron chi connectivity index (χ3n) is 3.07. The summed E-state index contributed by atoms with van der Waals surface area (Å²) in [4.78, 5) is 11.7. The first-order valence-electron chi connectivity index (χ1n) is 6.70. The summed E-state index contributed by atoms with van der Waals surface area (Å²) < 4.78 is 5.40. The van der Waals surface area contributed by atoms with Gasteiger partial charge in [-0.25, -0.2) is 0 Å². The molecule has 1 heterocycles. The van der Waals surface area contributed by atoms with Crippen molar-refractivity contribution in [2.24, 2.45) is 0 Å². The summed E-state index contributed by atoms with van der Waals surface area (Å²) >= 11 is 0. The molecule has 0 aliphatic rings. The Bertz CT molecular complexity index is 548. The number of aryl methyl sites for hydroxylation is 2. The first kappa shape index (κ1) is 14.3. The highest BCUT2D eigenvalue weighted by Gasteiger charge is 2.09. The molecule has 4 heteroatoms. The van der Waals surface area contributed by atoms with Crippen molar-refractivity contribution in [2.75, 3.05) is 6.54 Å². The number of rotatable bonds is 6. The molecular formula is C16H19NO3. The summed E-state index contributed by atoms with van der Waals surface area (Å²) in [6.45, 7) is 2.10. The quantitative estimate of drug-likeness (QED) is 0.849. The van der Waals surface area contributed by atoms with Crippen LogP contribution in [0.15, 0.2) is 46.9 Å². The van der Waals surface area contributed by atoms with Crippen molar-refractivity contribution in [1.82, 2.24) is 5.32 Å². The van der Waals surface area contributed by atoms with Crippen LogP contribution in [0.25, 0.3) is 0 Å². The molecule has 4 nitrogen and oxygen atoms in total. The molecule has 1 atom stereocenters. The van der Waals surface area contributed by atoms with Gasteiger partial charge in [-0.2, -0.15) is 0 Å². The van der Waals surface area contributed by atoms with E-state index in [9.17, 15) is 9.90 Å². The van der Waals surface area contributed by atoms with Gasteiger partial charge in [-0.15, -0.1) is 0 Å². The summed E-state index contributed by atoms with van der Waals surface area (Å²) in [5.74, 6) is 1.57. The molecule has 0 saturated heterocycles. The maximum Gasteiger partial charge on any atom is 0.220 e. The lowest BCUT2D eigenvalue weighted by Crippen LogP contribution is -2.28. The monoisotopic (exact) mass is 273 g/mol. The lowest BCUT2D eigenvalue weighted by molar-refractivity contribution is -0.121. The van der Waals surface area contributed by atoms with Crippen LogP contribution >= 0.6 is 0 Å². The van der Waals surface area contributed by atoms with Crippen molar-refractivity contribution >= 4 is 5.91 Å². The van der Waals surface area contributed by atoms with Crippen LogP contribution < -0.4 is 5.32 Å². The molecule has 0 radical (unpaired) electrons. The number of aliphatic hydroxyl groups is 1. The van der Waals surface area contributed by atoms with Crippen LogP contribution in [0.2, 0.25) is 0 Å². The molecule has 1 aromatic carbocycles. The zero-order valence-corrected chi connectivity index (χ0v) is 11.5. The summed E-state index contributed by atoms with van der Waals surface area (Å²) in [6.07, 6.45) is 0.251. The fraction of sp³-hybridized carbons (Fsp3) is 0.312. The average Bonchev–Trinajstić information content (AvgIpc) is 2.89. The van der Waals surface area contributed by atoms with E-state index >= 15 is 0 Å².